The van der Waals surface area contributed by atoms with Crippen LogP contribution in [0, 0.1) is 0 Å². The SMILES string of the molecule is CCNC1(c2nc(C(C)C)cs2)CCN(C)C(C)C1. The molecule has 1 saturated heterocycles. The molecule has 4 heteroatoms. The van der Waals surface area contributed by atoms with Crippen LogP contribution in [-0.2, 0) is 5.54 Å². The van der Waals surface area contributed by atoms with Crippen LogP contribution in [0.5, 0.6) is 0 Å². The van der Waals surface area contributed by atoms with Crippen LogP contribution in [0.2, 0.25) is 0 Å². The lowest BCUT2D eigenvalue weighted by atomic mass is 9.84. The van der Waals surface area contributed by atoms with Gasteiger partial charge in [-0.1, -0.05) is 20.8 Å². The third-order valence-corrected chi connectivity index (χ3v) is 5.39. The van der Waals surface area contributed by atoms with E-state index in [1.165, 1.54) is 10.7 Å². The fraction of sp³-hybridized carbons (Fsp3) is 0.800. The van der Waals surface area contributed by atoms with Crippen molar-refractivity contribution in [3.8, 4) is 0 Å². The van der Waals surface area contributed by atoms with E-state index in [2.05, 4.69) is 50.3 Å². The molecule has 0 bridgehead atoms. The molecule has 2 unspecified atom stereocenters. The van der Waals surface area contributed by atoms with Crippen molar-refractivity contribution < 1.29 is 0 Å². The van der Waals surface area contributed by atoms with E-state index in [4.69, 9.17) is 4.98 Å². The molecule has 0 aliphatic carbocycles. The first-order chi connectivity index (χ1) is 8.98. The van der Waals surface area contributed by atoms with E-state index in [1.54, 1.807) is 0 Å². The van der Waals surface area contributed by atoms with E-state index in [0.29, 0.717) is 12.0 Å². The molecular weight excluding hydrogens is 254 g/mol. The Morgan fingerprint density at radius 1 is 1.58 bits per heavy atom. The summed E-state index contributed by atoms with van der Waals surface area (Å²) < 4.78 is 0. The topological polar surface area (TPSA) is 28.2 Å². The summed E-state index contributed by atoms with van der Waals surface area (Å²) in [6, 6.07) is 0.610. The van der Waals surface area contributed by atoms with E-state index < -0.39 is 0 Å². The maximum absolute atomic E-state index is 4.92. The summed E-state index contributed by atoms with van der Waals surface area (Å²) in [5.74, 6) is 0.521. The van der Waals surface area contributed by atoms with Gasteiger partial charge >= 0.3 is 0 Å². The van der Waals surface area contributed by atoms with E-state index >= 15 is 0 Å². The molecule has 0 aromatic carbocycles. The van der Waals surface area contributed by atoms with E-state index in [-0.39, 0.29) is 5.54 Å². The van der Waals surface area contributed by atoms with Gasteiger partial charge in [0.2, 0.25) is 0 Å². The number of nitrogens with zero attached hydrogens (tertiary/aromatic N) is 2. The summed E-state index contributed by atoms with van der Waals surface area (Å²) in [4.78, 5) is 7.37. The van der Waals surface area contributed by atoms with Crippen LogP contribution in [0.15, 0.2) is 5.38 Å². The quantitative estimate of drug-likeness (QED) is 0.918. The van der Waals surface area contributed by atoms with E-state index in [0.717, 1.165) is 25.9 Å². The van der Waals surface area contributed by atoms with Crippen LogP contribution >= 0.6 is 11.3 Å². The van der Waals surface area contributed by atoms with Gasteiger partial charge in [-0.3, -0.25) is 0 Å². The predicted octanol–water partition coefficient (Wildman–Crippen LogP) is 3.19. The van der Waals surface area contributed by atoms with Gasteiger partial charge in [-0.25, -0.2) is 4.98 Å². The molecule has 0 saturated carbocycles. The third-order valence-electron chi connectivity index (χ3n) is 4.33. The van der Waals surface area contributed by atoms with Crippen molar-refractivity contribution in [3.63, 3.8) is 0 Å². The Bertz CT molecular complexity index is 415. The Labute approximate surface area is 121 Å². The summed E-state index contributed by atoms with van der Waals surface area (Å²) >= 11 is 1.83. The first kappa shape index (κ1) is 14.9. The van der Waals surface area contributed by atoms with E-state index in [1.807, 2.05) is 11.3 Å². The van der Waals surface area contributed by atoms with Crippen molar-refractivity contribution in [1.82, 2.24) is 15.2 Å². The molecule has 1 fully saturated rings. The number of nitrogens with one attached hydrogen (secondary N) is 1. The van der Waals surface area contributed by atoms with Gasteiger partial charge < -0.3 is 10.2 Å². The molecular formula is C15H27N3S. The standard InChI is InChI=1S/C15H27N3S/c1-6-16-15(7-8-18(5)12(4)9-15)14-17-13(10-19-14)11(2)3/h10-12,16H,6-9H2,1-5H3. The molecule has 2 heterocycles. The fourth-order valence-corrected chi connectivity index (χ4v) is 4.09. The Hall–Kier alpha value is -0.450. The lowest BCUT2D eigenvalue weighted by Crippen LogP contribution is -2.53. The molecule has 19 heavy (non-hydrogen) atoms. The molecule has 108 valence electrons. The predicted molar refractivity (Wildman–Crippen MR) is 82.9 cm³/mol. The van der Waals surface area contributed by atoms with Crippen molar-refractivity contribution in [2.45, 2.75) is 58.0 Å². The van der Waals surface area contributed by atoms with Gasteiger partial charge in [0.1, 0.15) is 5.01 Å². The van der Waals surface area contributed by atoms with Crippen molar-refractivity contribution in [2.75, 3.05) is 20.1 Å². The molecule has 0 amide bonds. The molecule has 1 N–H and O–H groups in total. The molecule has 1 aliphatic rings. The highest BCUT2D eigenvalue weighted by Crippen LogP contribution is 2.37. The molecule has 1 aromatic rings. The summed E-state index contributed by atoms with van der Waals surface area (Å²) in [7, 11) is 2.22. The number of likely N-dealkylation sites (tertiary alicyclic amines) is 1. The zero-order valence-electron chi connectivity index (χ0n) is 12.9. The maximum Gasteiger partial charge on any atom is 0.113 e. The van der Waals surface area contributed by atoms with Crippen molar-refractivity contribution in [1.29, 1.82) is 0 Å². The van der Waals surface area contributed by atoms with Crippen LogP contribution in [0.1, 0.15) is 57.2 Å². The minimum atomic E-state index is 0.0957. The van der Waals surface area contributed by atoms with E-state index in [9.17, 15) is 0 Å². The Balaban J connectivity index is 2.28. The highest BCUT2D eigenvalue weighted by atomic mass is 32.1. The highest BCUT2D eigenvalue weighted by molar-refractivity contribution is 7.09. The maximum atomic E-state index is 4.92. The van der Waals surface area contributed by atoms with Gasteiger partial charge in [0.05, 0.1) is 11.2 Å². The summed E-state index contributed by atoms with van der Waals surface area (Å²) in [6.45, 7) is 11.1. The van der Waals surface area contributed by atoms with Crippen molar-refractivity contribution >= 4 is 11.3 Å². The Kier molecular flexibility index (Phi) is 4.64. The van der Waals surface area contributed by atoms with Gasteiger partial charge in [-0.15, -0.1) is 11.3 Å². The van der Waals surface area contributed by atoms with Crippen LogP contribution in [0.4, 0.5) is 0 Å². The molecule has 1 aromatic heterocycles. The lowest BCUT2D eigenvalue weighted by molar-refractivity contribution is 0.107. The second kappa shape index (κ2) is 5.90. The molecule has 0 spiro atoms. The summed E-state index contributed by atoms with van der Waals surface area (Å²) in [5.41, 5.74) is 1.34. The Morgan fingerprint density at radius 3 is 2.84 bits per heavy atom. The van der Waals surface area contributed by atoms with Gasteiger partial charge in [-0.05, 0) is 39.3 Å². The van der Waals surface area contributed by atoms with Gasteiger partial charge in [0.15, 0.2) is 0 Å². The first-order valence-electron chi connectivity index (χ1n) is 7.39. The summed E-state index contributed by atoms with van der Waals surface area (Å²) in [5, 5.41) is 7.27. The zero-order chi connectivity index (χ0) is 14.0. The van der Waals surface area contributed by atoms with Crippen LogP contribution in [0.3, 0.4) is 0 Å². The number of piperidine rings is 1. The number of aromatic nitrogens is 1. The lowest BCUT2D eigenvalue weighted by Gasteiger charge is -2.43. The number of thiazole rings is 1. The second-order valence-corrected chi connectivity index (χ2v) is 6.99. The van der Waals surface area contributed by atoms with Crippen LogP contribution < -0.4 is 5.32 Å². The van der Waals surface area contributed by atoms with Crippen molar-refractivity contribution in [3.05, 3.63) is 16.1 Å². The van der Waals surface area contributed by atoms with Crippen LogP contribution in [-0.4, -0.2) is 36.1 Å². The smallest absolute Gasteiger partial charge is 0.113 e. The van der Waals surface area contributed by atoms with Gasteiger partial charge in [0.25, 0.3) is 0 Å². The molecule has 2 atom stereocenters. The number of hydrogen-bond donors (Lipinski definition) is 1. The van der Waals surface area contributed by atoms with Crippen molar-refractivity contribution in [2.24, 2.45) is 0 Å². The monoisotopic (exact) mass is 281 g/mol. The van der Waals surface area contributed by atoms with Gasteiger partial charge in [0, 0.05) is 18.0 Å². The van der Waals surface area contributed by atoms with Gasteiger partial charge in [-0.2, -0.15) is 0 Å². The first-order valence-corrected chi connectivity index (χ1v) is 8.27. The Morgan fingerprint density at radius 2 is 2.32 bits per heavy atom. The summed E-state index contributed by atoms with van der Waals surface area (Å²) in [6.07, 6.45) is 2.31. The molecule has 3 nitrogen and oxygen atoms in total. The molecule has 1 aliphatic heterocycles. The fourth-order valence-electron chi connectivity index (χ4n) is 2.89. The highest BCUT2D eigenvalue weighted by Gasteiger charge is 2.40. The average Bonchev–Trinajstić information content (AvgIpc) is 2.84. The molecule has 2 rings (SSSR count). The third kappa shape index (κ3) is 3.01. The van der Waals surface area contributed by atoms with Crippen LogP contribution in [0.25, 0.3) is 0 Å². The minimum absolute atomic E-state index is 0.0957. The largest absolute Gasteiger partial charge is 0.306 e. The molecule has 0 radical (unpaired) electrons. The number of rotatable bonds is 4. The second-order valence-electron chi connectivity index (χ2n) is 6.13. The minimum Gasteiger partial charge on any atom is -0.306 e. The normalized spacial score (nSPS) is 29.1. The number of hydrogen-bond acceptors (Lipinski definition) is 4. The average molecular weight is 281 g/mol. The zero-order valence-corrected chi connectivity index (χ0v) is 13.7.